The summed E-state index contributed by atoms with van der Waals surface area (Å²) in [4.78, 5) is 15.7. The van der Waals surface area contributed by atoms with Crippen molar-refractivity contribution in [2.75, 3.05) is 5.73 Å². The van der Waals surface area contributed by atoms with Crippen LogP contribution in [0.4, 0.5) is 5.69 Å². The smallest absolute Gasteiger partial charge is 0.340 e. The normalized spacial score (nSPS) is 10.1. The first-order valence-corrected chi connectivity index (χ1v) is 5.65. The summed E-state index contributed by atoms with van der Waals surface area (Å²) in [6, 6.07) is 8.23. The van der Waals surface area contributed by atoms with Gasteiger partial charge in [-0.3, -0.25) is 4.98 Å². The van der Waals surface area contributed by atoms with E-state index >= 15 is 0 Å². The van der Waals surface area contributed by atoms with Crippen molar-refractivity contribution in [1.29, 1.82) is 0 Å². The van der Waals surface area contributed by atoms with Crippen LogP contribution in [0, 0.1) is 0 Å². The van der Waals surface area contributed by atoms with E-state index in [0.29, 0.717) is 10.7 Å². The van der Waals surface area contributed by atoms with E-state index in [1.54, 1.807) is 36.7 Å². The second kappa shape index (κ2) is 5.51. The van der Waals surface area contributed by atoms with Crippen molar-refractivity contribution in [1.82, 2.24) is 4.98 Å². The van der Waals surface area contributed by atoms with E-state index in [2.05, 4.69) is 4.98 Å². The summed E-state index contributed by atoms with van der Waals surface area (Å²) in [6.07, 6.45) is 3.27. The molecule has 2 rings (SSSR count). The van der Waals surface area contributed by atoms with Gasteiger partial charge in [0.1, 0.15) is 6.61 Å². The molecule has 0 bridgehead atoms. The third-order valence-electron chi connectivity index (χ3n) is 2.35. The van der Waals surface area contributed by atoms with Gasteiger partial charge in [0.25, 0.3) is 0 Å². The maximum atomic E-state index is 11.8. The molecule has 92 valence electrons. The van der Waals surface area contributed by atoms with Gasteiger partial charge in [-0.05, 0) is 35.9 Å². The van der Waals surface area contributed by atoms with Crippen LogP contribution in [0.2, 0.25) is 5.02 Å². The number of benzene rings is 1. The highest BCUT2D eigenvalue weighted by molar-refractivity contribution is 6.31. The molecule has 0 saturated heterocycles. The fraction of sp³-hybridized carbons (Fsp3) is 0.0769. The maximum absolute atomic E-state index is 11.8. The Labute approximate surface area is 109 Å². The number of aromatic nitrogens is 1. The molecule has 18 heavy (non-hydrogen) atoms. The average Bonchev–Trinajstić information content (AvgIpc) is 2.40. The van der Waals surface area contributed by atoms with Gasteiger partial charge in [0, 0.05) is 23.1 Å². The third kappa shape index (κ3) is 2.99. The summed E-state index contributed by atoms with van der Waals surface area (Å²) in [5, 5.41) is 0.445. The minimum atomic E-state index is -0.494. The Morgan fingerprint density at radius 2 is 2.00 bits per heavy atom. The Morgan fingerprint density at radius 3 is 2.72 bits per heavy atom. The molecule has 4 nitrogen and oxygen atoms in total. The van der Waals surface area contributed by atoms with Gasteiger partial charge in [-0.2, -0.15) is 0 Å². The van der Waals surface area contributed by atoms with Crippen LogP contribution in [0.1, 0.15) is 15.9 Å². The van der Waals surface area contributed by atoms with Crippen molar-refractivity contribution in [3.63, 3.8) is 0 Å². The number of pyridine rings is 1. The first-order valence-electron chi connectivity index (χ1n) is 5.28. The van der Waals surface area contributed by atoms with Crippen molar-refractivity contribution in [3.05, 3.63) is 58.9 Å². The summed E-state index contributed by atoms with van der Waals surface area (Å²) in [5.41, 5.74) is 7.17. The van der Waals surface area contributed by atoms with Gasteiger partial charge in [0.2, 0.25) is 0 Å². The molecule has 0 unspecified atom stereocenters. The van der Waals surface area contributed by atoms with Crippen LogP contribution in [0.15, 0.2) is 42.7 Å². The SMILES string of the molecule is Nc1ccc(Cl)cc1C(=O)OCc1ccncc1. The molecule has 0 aliphatic carbocycles. The summed E-state index contributed by atoms with van der Waals surface area (Å²) in [7, 11) is 0. The van der Waals surface area contributed by atoms with Gasteiger partial charge >= 0.3 is 5.97 Å². The fourth-order valence-electron chi connectivity index (χ4n) is 1.41. The Kier molecular flexibility index (Phi) is 3.79. The summed E-state index contributed by atoms with van der Waals surface area (Å²) in [5.74, 6) is -0.494. The Balaban J connectivity index is 2.06. The number of ether oxygens (including phenoxy) is 1. The molecule has 0 spiro atoms. The van der Waals surface area contributed by atoms with E-state index in [0.717, 1.165) is 5.56 Å². The van der Waals surface area contributed by atoms with E-state index in [4.69, 9.17) is 22.1 Å². The zero-order valence-corrected chi connectivity index (χ0v) is 10.2. The van der Waals surface area contributed by atoms with Gasteiger partial charge in [-0.15, -0.1) is 0 Å². The number of hydrogen-bond donors (Lipinski definition) is 1. The molecule has 0 atom stereocenters. The van der Waals surface area contributed by atoms with E-state index < -0.39 is 5.97 Å². The Hall–Kier alpha value is -2.07. The van der Waals surface area contributed by atoms with Crippen molar-refractivity contribution < 1.29 is 9.53 Å². The quantitative estimate of drug-likeness (QED) is 0.682. The van der Waals surface area contributed by atoms with Gasteiger partial charge in [-0.1, -0.05) is 11.6 Å². The van der Waals surface area contributed by atoms with E-state index in [-0.39, 0.29) is 12.2 Å². The monoisotopic (exact) mass is 262 g/mol. The second-order valence-electron chi connectivity index (χ2n) is 3.66. The lowest BCUT2D eigenvalue weighted by Crippen LogP contribution is -2.08. The molecule has 0 aliphatic heterocycles. The Morgan fingerprint density at radius 1 is 1.28 bits per heavy atom. The molecular formula is C13H11ClN2O2. The van der Waals surface area contributed by atoms with Gasteiger partial charge in [-0.25, -0.2) is 4.79 Å². The fourth-order valence-corrected chi connectivity index (χ4v) is 1.58. The van der Waals surface area contributed by atoms with Crippen LogP contribution >= 0.6 is 11.6 Å². The molecule has 0 radical (unpaired) electrons. The number of hydrogen-bond acceptors (Lipinski definition) is 4. The highest BCUT2D eigenvalue weighted by atomic mass is 35.5. The largest absolute Gasteiger partial charge is 0.457 e. The van der Waals surface area contributed by atoms with E-state index in [1.807, 2.05) is 0 Å². The number of nitrogens with zero attached hydrogens (tertiary/aromatic N) is 1. The number of rotatable bonds is 3. The minimum absolute atomic E-state index is 0.174. The molecule has 1 heterocycles. The van der Waals surface area contributed by atoms with Crippen LogP contribution < -0.4 is 5.73 Å². The highest BCUT2D eigenvalue weighted by Crippen LogP contribution is 2.19. The van der Waals surface area contributed by atoms with Gasteiger partial charge in [0.05, 0.1) is 5.56 Å². The Bertz CT molecular complexity index is 558. The molecule has 2 N–H and O–H groups in total. The number of esters is 1. The molecule has 0 saturated carbocycles. The molecule has 1 aromatic carbocycles. The zero-order valence-electron chi connectivity index (χ0n) is 9.47. The first-order chi connectivity index (χ1) is 8.66. The number of halogens is 1. The molecule has 5 heteroatoms. The predicted molar refractivity (Wildman–Crippen MR) is 69.2 cm³/mol. The topological polar surface area (TPSA) is 65.2 Å². The van der Waals surface area contributed by atoms with Crippen molar-refractivity contribution in [3.8, 4) is 0 Å². The minimum Gasteiger partial charge on any atom is -0.457 e. The molecule has 0 aliphatic rings. The lowest BCUT2D eigenvalue weighted by atomic mass is 10.2. The summed E-state index contributed by atoms with van der Waals surface area (Å²) < 4.78 is 5.14. The number of carbonyl (C=O) groups excluding carboxylic acids is 1. The third-order valence-corrected chi connectivity index (χ3v) is 2.59. The average molecular weight is 263 g/mol. The maximum Gasteiger partial charge on any atom is 0.340 e. The lowest BCUT2D eigenvalue weighted by Gasteiger charge is -2.07. The number of anilines is 1. The van der Waals surface area contributed by atoms with Crippen molar-refractivity contribution >= 4 is 23.3 Å². The zero-order chi connectivity index (χ0) is 13.0. The van der Waals surface area contributed by atoms with Crippen LogP contribution in [-0.2, 0) is 11.3 Å². The van der Waals surface area contributed by atoms with Gasteiger partial charge < -0.3 is 10.5 Å². The van der Waals surface area contributed by atoms with Gasteiger partial charge in [0.15, 0.2) is 0 Å². The standard InChI is InChI=1S/C13H11ClN2O2/c14-10-1-2-12(15)11(7-10)13(17)18-8-9-3-5-16-6-4-9/h1-7H,8,15H2. The van der Waals surface area contributed by atoms with Crippen LogP contribution in [0.25, 0.3) is 0 Å². The lowest BCUT2D eigenvalue weighted by molar-refractivity contribution is 0.0474. The molecular weight excluding hydrogens is 252 g/mol. The molecule has 1 aromatic heterocycles. The van der Waals surface area contributed by atoms with Crippen molar-refractivity contribution in [2.45, 2.75) is 6.61 Å². The van der Waals surface area contributed by atoms with E-state index in [9.17, 15) is 4.79 Å². The highest BCUT2D eigenvalue weighted by Gasteiger charge is 2.11. The molecule has 2 aromatic rings. The van der Waals surface area contributed by atoms with Crippen LogP contribution in [0.3, 0.4) is 0 Å². The second-order valence-corrected chi connectivity index (χ2v) is 4.10. The number of nitrogens with two attached hydrogens (primary N) is 1. The number of nitrogen functional groups attached to an aromatic ring is 1. The first kappa shape index (κ1) is 12.4. The number of carbonyl (C=O) groups is 1. The predicted octanol–water partition coefficient (Wildman–Crippen LogP) is 2.67. The van der Waals surface area contributed by atoms with Crippen molar-refractivity contribution in [2.24, 2.45) is 0 Å². The molecule has 0 fully saturated rings. The summed E-state index contributed by atoms with van der Waals surface area (Å²) in [6.45, 7) is 0.174. The summed E-state index contributed by atoms with van der Waals surface area (Å²) >= 11 is 5.81. The van der Waals surface area contributed by atoms with Crippen LogP contribution in [0.5, 0.6) is 0 Å². The van der Waals surface area contributed by atoms with Crippen LogP contribution in [-0.4, -0.2) is 11.0 Å². The van der Waals surface area contributed by atoms with E-state index in [1.165, 1.54) is 6.07 Å². The molecule has 0 amide bonds.